The molecule has 0 saturated carbocycles. The third-order valence-corrected chi connectivity index (χ3v) is 3.76. The molecule has 1 heterocycles. The fourth-order valence-electron chi connectivity index (χ4n) is 2.23. The predicted molar refractivity (Wildman–Crippen MR) is 115 cm³/mol. The van der Waals surface area contributed by atoms with E-state index in [1.165, 1.54) is 5.56 Å². The summed E-state index contributed by atoms with van der Waals surface area (Å²) in [7, 11) is 3.67. The van der Waals surface area contributed by atoms with Crippen molar-refractivity contribution < 1.29 is 4.74 Å². The number of hydrogen-bond donors (Lipinski definition) is 2. The number of aliphatic imine (C=N–C) groups is 1. The largest absolute Gasteiger partial charge is 0.493 e. The molecule has 0 fully saturated rings. The SMILES string of the molecule is CN=C(NCc1nncn1C)NC(C)c1ccc(OCC(C)C)cc1.I. The normalized spacial score (nSPS) is 12.5. The molecule has 1 atom stereocenters. The highest BCUT2D eigenvalue weighted by Gasteiger charge is 2.09. The standard InChI is InChI=1S/C18H28N6O.HI/c1-13(2)11-25-16-8-6-15(7-9-16)14(3)22-18(19-4)20-10-17-23-21-12-24(17)5;/h6-9,12-14H,10-11H2,1-5H3,(H2,19,20,22);1H. The molecule has 0 radical (unpaired) electrons. The van der Waals surface area contributed by atoms with Crippen LogP contribution in [0.2, 0.25) is 0 Å². The van der Waals surface area contributed by atoms with Gasteiger partial charge < -0.3 is 19.9 Å². The van der Waals surface area contributed by atoms with Gasteiger partial charge in [-0.05, 0) is 30.5 Å². The number of nitrogens with one attached hydrogen (secondary N) is 2. The Morgan fingerprint density at radius 3 is 2.46 bits per heavy atom. The lowest BCUT2D eigenvalue weighted by molar-refractivity contribution is 0.271. The monoisotopic (exact) mass is 472 g/mol. The Labute approximate surface area is 172 Å². The molecule has 0 aliphatic heterocycles. The number of guanidine groups is 1. The van der Waals surface area contributed by atoms with Gasteiger partial charge in [-0.25, -0.2) is 0 Å². The van der Waals surface area contributed by atoms with Gasteiger partial charge in [0.05, 0.1) is 19.2 Å². The van der Waals surface area contributed by atoms with Gasteiger partial charge in [0.1, 0.15) is 12.1 Å². The molecule has 8 heteroatoms. The molecule has 26 heavy (non-hydrogen) atoms. The molecule has 0 bridgehead atoms. The Morgan fingerprint density at radius 1 is 1.23 bits per heavy atom. The molecule has 2 rings (SSSR count). The van der Waals surface area contributed by atoms with Crippen molar-refractivity contribution in [3.63, 3.8) is 0 Å². The molecular weight excluding hydrogens is 443 g/mol. The summed E-state index contributed by atoms with van der Waals surface area (Å²) in [5.74, 6) is 2.98. The molecule has 1 unspecified atom stereocenters. The van der Waals surface area contributed by atoms with E-state index in [-0.39, 0.29) is 30.0 Å². The lowest BCUT2D eigenvalue weighted by Gasteiger charge is -2.18. The second kappa shape index (κ2) is 11.0. The first-order chi connectivity index (χ1) is 12.0. The molecule has 0 spiro atoms. The summed E-state index contributed by atoms with van der Waals surface area (Å²) in [5, 5.41) is 14.5. The van der Waals surface area contributed by atoms with Gasteiger partial charge in [-0.15, -0.1) is 34.2 Å². The van der Waals surface area contributed by atoms with E-state index in [9.17, 15) is 0 Å². The summed E-state index contributed by atoms with van der Waals surface area (Å²) >= 11 is 0. The van der Waals surface area contributed by atoms with Crippen molar-refractivity contribution in [3.8, 4) is 5.75 Å². The van der Waals surface area contributed by atoms with Gasteiger partial charge in [0.25, 0.3) is 0 Å². The highest BCUT2D eigenvalue weighted by Crippen LogP contribution is 2.18. The molecular formula is C18H29IN6O. The lowest BCUT2D eigenvalue weighted by Crippen LogP contribution is -2.38. The zero-order chi connectivity index (χ0) is 18.2. The molecule has 144 valence electrons. The summed E-state index contributed by atoms with van der Waals surface area (Å²) in [4.78, 5) is 4.26. The van der Waals surface area contributed by atoms with Crippen molar-refractivity contribution in [3.05, 3.63) is 42.0 Å². The van der Waals surface area contributed by atoms with Crippen molar-refractivity contribution in [2.75, 3.05) is 13.7 Å². The number of aromatic nitrogens is 3. The van der Waals surface area contributed by atoms with Gasteiger partial charge >= 0.3 is 0 Å². The van der Waals surface area contributed by atoms with E-state index in [1.54, 1.807) is 13.4 Å². The van der Waals surface area contributed by atoms with E-state index in [1.807, 2.05) is 23.7 Å². The first kappa shape index (κ1) is 22.2. The summed E-state index contributed by atoms with van der Waals surface area (Å²) < 4.78 is 7.60. The van der Waals surface area contributed by atoms with Crippen molar-refractivity contribution in [2.45, 2.75) is 33.4 Å². The molecule has 2 N–H and O–H groups in total. The second-order valence-corrected chi connectivity index (χ2v) is 6.42. The van der Waals surface area contributed by atoms with E-state index >= 15 is 0 Å². The molecule has 1 aromatic heterocycles. The van der Waals surface area contributed by atoms with Gasteiger partial charge in [-0.2, -0.15) is 0 Å². The van der Waals surface area contributed by atoms with Crippen LogP contribution in [-0.2, 0) is 13.6 Å². The number of aryl methyl sites for hydroxylation is 1. The Kier molecular flexibility index (Phi) is 9.39. The fourth-order valence-corrected chi connectivity index (χ4v) is 2.23. The molecule has 0 amide bonds. The molecule has 0 aliphatic carbocycles. The summed E-state index contributed by atoms with van der Waals surface area (Å²) in [6, 6.07) is 8.27. The third-order valence-electron chi connectivity index (χ3n) is 3.76. The van der Waals surface area contributed by atoms with E-state index in [2.05, 4.69) is 58.7 Å². The van der Waals surface area contributed by atoms with Crippen LogP contribution in [-0.4, -0.2) is 34.4 Å². The highest BCUT2D eigenvalue weighted by atomic mass is 127. The van der Waals surface area contributed by atoms with Crippen molar-refractivity contribution in [1.29, 1.82) is 0 Å². The number of halogens is 1. The minimum Gasteiger partial charge on any atom is -0.493 e. The number of rotatable bonds is 7. The van der Waals surface area contributed by atoms with Crippen LogP contribution in [0, 0.1) is 5.92 Å². The average molecular weight is 472 g/mol. The molecule has 2 aromatic rings. The zero-order valence-electron chi connectivity index (χ0n) is 16.1. The lowest BCUT2D eigenvalue weighted by atomic mass is 10.1. The van der Waals surface area contributed by atoms with Crippen LogP contribution in [0.4, 0.5) is 0 Å². The Balaban J connectivity index is 0.00000338. The van der Waals surface area contributed by atoms with E-state index in [4.69, 9.17) is 4.74 Å². The van der Waals surface area contributed by atoms with Gasteiger partial charge in [0.15, 0.2) is 11.8 Å². The smallest absolute Gasteiger partial charge is 0.191 e. The van der Waals surface area contributed by atoms with E-state index < -0.39 is 0 Å². The first-order valence-electron chi connectivity index (χ1n) is 8.52. The Bertz CT molecular complexity index is 683. The highest BCUT2D eigenvalue weighted by molar-refractivity contribution is 14.0. The van der Waals surface area contributed by atoms with Crippen molar-refractivity contribution in [2.24, 2.45) is 18.0 Å². The first-order valence-corrected chi connectivity index (χ1v) is 8.52. The van der Waals surface area contributed by atoms with Crippen LogP contribution in [0.15, 0.2) is 35.6 Å². The molecule has 0 saturated heterocycles. The van der Waals surface area contributed by atoms with Gasteiger partial charge in [-0.3, -0.25) is 4.99 Å². The minimum atomic E-state index is 0. The fraction of sp³-hybridized carbons (Fsp3) is 0.500. The minimum absolute atomic E-state index is 0. The third kappa shape index (κ3) is 6.81. The topological polar surface area (TPSA) is 76.4 Å². The second-order valence-electron chi connectivity index (χ2n) is 6.42. The molecule has 0 aliphatic rings. The van der Waals surface area contributed by atoms with E-state index in [0.717, 1.165) is 24.1 Å². The van der Waals surface area contributed by atoms with Crippen LogP contribution >= 0.6 is 24.0 Å². The van der Waals surface area contributed by atoms with Crippen LogP contribution < -0.4 is 15.4 Å². The van der Waals surface area contributed by atoms with Gasteiger partial charge in [0.2, 0.25) is 0 Å². The van der Waals surface area contributed by atoms with Crippen LogP contribution in [0.3, 0.4) is 0 Å². The number of ether oxygens (including phenoxy) is 1. The van der Waals surface area contributed by atoms with Crippen LogP contribution in [0.1, 0.15) is 38.2 Å². The summed E-state index contributed by atoms with van der Waals surface area (Å²) in [6.07, 6.45) is 1.68. The average Bonchev–Trinajstić information content (AvgIpc) is 3.02. The van der Waals surface area contributed by atoms with Crippen molar-refractivity contribution >= 4 is 29.9 Å². The van der Waals surface area contributed by atoms with Crippen molar-refractivity contribution in [1.82, 2.24) is 25.4 Å². The number of hydrogen-bond acceptors (Lipinski definition) is 4. The zero-order valence-corrected chi connectivity index (χ0v) is 18.4. The Morgan fingerprint density at radius 2 is 1.92 bits per heavy atom. The maximum absolute atomic E-state index is 5.72. The maximum atomic E-state index is 5.72. The Hall–Kier alpha value is -1.84. The summed E-state index contributed by atoms with van der Waals surface area (Å²) in [6.45, 7) is 7.66. The number of nitrogens with zero attached hydrogens (tertiary/aromatic N) is 4. The molecule has 7 nitrogen and oxygen atoms in total. The molecule has 1 aromatic carbocycles. The predicted octanol–water partition coefficient (Wildman–Crippen LogP) is 2.89. The van der Waals surface area contributed by atoms with Crippen LogP contribution in [0.25, 0.3) is 0 Å². The van der Waals surface area contributed by atoms with Crippen LogP contribution in [0.5, 0.6) is 5.75 Å². The maximum Gasteiger partial charge on any atom is 0.191 e. The number of benzene rings is 1. The van der Waals surface area contributed by atoms with Gasteiger partial charge in [0, 0.05) is 14.1 Å². The summed E-state index contributed by atoms with van der Waals surface area (Å²) in [5.41, 5.74) is 1.17. The quantitative estimate of drug-likeness (QED) is 0.368. The van der Waals surface area contributed by atoms with Gasteiger partial charge in [-0.1, -0.05) is 26.0 Å². The van der Waals surface area contributed by atoms with E-state index in [0.29, 0.717) is 12.5 Å².